The molecule has 2 heterocycles. The summed E-state index contributed by atoms with van der Waals surface area (Å²) < 4.78 is 5.27. The molecule has 0 aromatic carbocycles. The largest absolute Gasteiger partial charge is 0.426 e. The second-order valence-corrected chi connectivity index (χ2v) is 5.26. The van der Waals surface area contributed by atoms with Gasteiger partial charge in [0.25, 0.3) is 0 Å². The van der Waals surface area contributed by atoms with E-state index in [0.717, 1.165) is 29.6 Å². The SMILES string of the molecule is CC(=O)Oc1ccnc2[nH]cc(CCN(C)C(C)C)c12. The number of rotatable bonds is 5. The third-order valence-corrected chi connectivity index (χ3v) is 3.49. The summed E-state index contributed by atoms with van der Waals surface area (Å²) in [4.78, 5) is 20.9. The Kier molecular flexibility index (Phi) is 4.39. The van der Waals surface area contributed by atoms with Gasteiger partial charge >= 0.3 is 5.97 Å². The minimum absolute atomic E-state index is 0.316. The molecule has 2 aromatic heterocycles. The first-order valence-corrected chi connectivity index (χ1v) is 6.82. The number of likely N-dealkylation sites (N-methyl/N-ethyl adjacent to an activating group) is 1. The highest BCUT2D eigenvalue weighted by atomic mass is 16.5. The van der Waals surface area contributed by atoms with E-state index < -0.39 is 0 Å². The van der Waals surface area contributed by atoms with E-state index >= 15 is 0 Å². The first-order chi connectivity index (χ1) is 9.49. The van der Waals surface area contributed by atoms with Gasteiger partial charge in [0.15, 0.2) is 0 Å². The molecule has 5 nitrogen and oxygen atoms in total. The lowest BCUT2D eigenvalue weighted by atomic mass is 10.1. The van der Waals surface area contributed by atoms with Crippen molar-refractivity contribution in [1.82, 2.24) is 14.9 Å². The molecule has 5 heteroatoms. The van der Waals surface area contributed by atoms with Crippen LogP contribution >= 0.6 is 0 Å². The van der Waals surface area contributed by atoms with E-state index in [1.54, 1.807) is 12.3 Å². The molecule has 108 valence electrons. The van der Waals surface area contributed by atoms with Crippen molar-refractivity contribution in [2.75, 3.05) is 13.6 Å². The summed E-state index contributed by atoms with van der Waals surface area (Å²) in [5, 5.41) is 0.903. The van der Waals surface area contributed by atoms with Crippen LogP contribution in [0.3, 0.4) is 0 Å². The van der Waals surface area contributed by atoms with Crippen LogP contribution in [-0.2, 0) is 11.2 Å². The first kappa shape index (κ1) is 14.5. The molecule has 2 rings (SSSR count). The van der Waals surface area contributed by atoms with E-state index in [0.29, 0.717) is 11.8 Å². The number of pyridine rings is 1. The molecular weight excluding hydrogens is 254 g/mol. The van der Waals surface area contributed by atoms with Crippen LogP contribution in [0.25, 0.3) is 11.0 Å². The lowest BCUT2D eigenvalue weighted by Crippen LogP contribution is -2.28. The second kappa shape index (κ2) is 6.05. The standard InChI is InChI=1S/C15H21N3O2/c1-10(2)18(4)8-6-12-9-17-15-14(12)13(5-7-16-15)20-11(3)19/h5,7,9-10H,6,8H2,1-4H3,(H,16,17). The number of carbonyl (C=O) groups is 1. The Bertz CT molecular complexity index is 604. The lowest BCUT2D eigenvalue weighted by molar-refractivity contribution is -0.131. The summed E-state index contributed by atoms with van der Waals surface area (Å²) in [7, 11) is 2.10. The number of hydrogen-bond acceptors (Lipinski definition) is 4. The molecule has 0 aliphatic rings. The minimum atomic E-state index is -0.316. The van der Waals surface area contributed by atoms with Crippen LogP contribution in [0, 0.1) is 0 Å². The molecule has 0 saturated heterocycles. The van der Waals surface area contributed by atoms with Crippen molar-refractivity contribution >= 4 is 17.0 Å². The molecule has 0 radical (unpaired) electrons. The highest BCUT2D eigenvalue weighted by Crippen LogP contribution is 2.27. The number of esters is 1. The van der Waals surface area contributed by atoms with Crippen LogP contribution in [0.4, 0.5) is 0 Å². The first-order valence-electron chi connectivity index (χ1n) is 6.82. The summed E-state index contributed by atoms with van der Waals surface area (Å²) in [6.45, 7) is 6.69. The van der Waals surface area contributed by atoms with Gasteiger partial charge in [0, 0.05) is 38.0 Å². The van der Waals surface area contributed by atoms with Gasteiger partial charge in [-0.15, -0.1) is 0 Å². The average Bonchev–Trinajstić information content (AvgIpc) is 2.79. The van der Waals surface area contributed by atoms with Crippen molar-refractivity contribution in [2.45, 2.75) is 33.2 Å². The molecule has 0 saturated carbocycles. The van der Waals surface area contributed by atoms with Crippen LogP contribution in [0.5, 0.6) is 5.75 Å². The van der Waals surface area contributed by atoms with Crippen molar-refractivity contribution in [2.24, 2.45) is 0 Å². The van der Waals surface area contributed by atoms with Crippen LogP contribution in [0.1, 0.15) is 26.3 Å². The van der Waals surface area contributed by atoms with Crippen molar-refractivity contribution in [1.29, 1.82) is 0 Å². The number of nitrogens with zero attached hydrogens (tertiary/aromatic N) is 2. The minimum Gasteiger partial charge on any atom is -0.426 e. The van der Waals surface area contributed by atoms with Gasteiger partial charge in [0.2, 0.25) is 0 Å². The normalized spacial score (nSPS) is 11.5. The zero-order chi connectivity index (χ0) is 14.7. The van der Waals surface area contributed by atoms with Gasteiger partial charge in [0.1, 0.15) is 11.4 Å². The summed E-state index contributed by atoms with van der Waals surface area (Å²) in [5.41, 5.74) is 1.88. The van der Waals surface area contributed by atoms with Gasteiger partial charge < -0.3 is 14.6 Å². The van der Waals surface area contributed by atoms with E-state index in [4.69, 9.17) is 4.74 Å². The van der Waals surface area contributed by atoms with Crippen molar-refractivity contribution in [3.63, 3.8) is 0 Å². The summed E-state index contributed by atoms with van der Waals surface area (Å²) in [6.07, 6.45) is 4.47. The molecule has 0 atom stereocenters. The summed E-state index contributed by atoms with van der Waals surface area (Å²) in [5.74, 6) is 0.259. The molecule has 0 aliphatic carbocycles. The fraction of sp³-hybridized carbons (Fsp3) is 0.467. The lowest BCUT2D eigenvalue weighted by Gasteiger charge is -2.20. The number of aromatic nitrogens is 2. The summed E-state index contributed by atoms with van der Waals surface area (Å²) in [6, 6.07) is 2.24. The Labute approximate surface area is 118 Å². The Morgan fingerprint density at radius 2 is 2.25 bits per heavy atom. The van der Waals surface area contributed by atoms with E-state index in [9.17, 15) is 4.79 Å². The molecule has 0 amide bonds. The van der Waals surface area contributed by atoms with Gasteiger partial charge in [0.05, 0.1) is 5.39 Å². The predicted octanol–water partition coefficient (Wildman–Crippen LogP) is 2.37. The number of carbonyl (C=O) groups excluding carboxylic acids is 1. The third kappa shape index (κ3) is 3.17. The molecular formula is C15H21N3O2. The number of hydrogen-bond donors (Lipinski definition) is 1. The van der Waals surface area contributed by atoms with E-state index in [1.165, 1.54) is 6.92 Å². The van der Waals surface area contributed by atoms with Crippen LogP contribution in [0.2, 0.25) is 0 Å². The number of fused-ring (bicyclic) bond motifs is 1. The molecule has 2 aromatic rings. The zero-order valence-electron chi connectivity index (χ0n) is 12.4. The molecule has 0 aliphatic heterocycles. The fourth-order valence-corrected chi connectivity index (χ4v) is 2.08. The fourth-order valence-electron chi connectivity index (χ4n) is 2.08. The topological polar surface area (TPSA) is 58.2 Å². The smallest absolute Gasteiger partial charge is 0.308 e. The maximum atomic E-state index is 11.2. The van der Waals surface area contributed by atoms with E-state index in [-0.39, 0.29) is 5.97 Å². The van der Waals surface area contributed by atoms with Crippen LogP contribution in [-0.4, -0.2) is 40.5 Å². The van der Waals surface area contributed by atoms with Crippen molar-refractivity contribution < 1.29 is 9.53 Å². The highest BCUT2D eigenvalue weighted by Gasteiger charge is 2.13. The molecule has 1 N–H and O–H groups in total. The Hall–Kier alpha value is -1.88. The van der Waals surface area contributed by atoms with E-state index in [1.807, 2.05) is 6.20 Å². The molecule has 0 spiro atoms. The van der Waals surface area contributed by atoms with Gasteiger partial charge in [-0.2, -0.15) is 0 Å². The zero-order valence-corrected chi connectivity index (χ0v) is 12.4. The van der Waals surface area contributed by atoms with Gasteiger partial charge in [-0.1, -0.05) is 0 Å². The highest BCUT2D eigenvalue weighted by molar-refractivity contribution is 5.88. The number of nitrogens with one attached hydrogen (secondary N) is 1. The Morgan fingerprint density at radius 1 is 1.50 bits per heavy atom. The molecule has 0 bridgehead atoms. The summed E-state index contributed by atoms with van der Waals surface area (Å²) >= 11 is 0. The monoisotopic (exact) mass is 275 g/mol. The molecule has 0 fully saturated rings. The van der Waals surface area contributed by atoms with Crippen LogP contribution < -0.4 is 4.74 Å². The number of H-pyrrole nitrogens is 1. The number of aromatic amines is 1. The van der Waals surface area contributed by atoms with Gasteiger partial charge in [-0.05, 0) is 32.9 Å². The predicted molar refractivity (Wildman–Crippen MR) is 78.9 cm³/mol. The van der Waals surface area contributed by atoms with Crippen LogP contribution in [0.15, 0.2) is 18.5 Å². The quantitative estimate of drug-likeness (QED) is 0.851. The van der Waals surface area contributed by atoms with Crippen molar-refractivity contribution in [3.8, 4) is 5.75 Å². The Balaban J connectivity index is 2.27. The Morgan fingerprint density at radius 3 is 2.90 bits per heavy atom. The maximum absolute atomic E-state index is 11.2. The molecule has 20 heavy (non-hydrogen) atoms. The number of ether oxygens (including phenoxy) is 1. The average molecular weight is 275 g/mol. The van der Waals surface area contributed by atoms with Crippen molar-refractivity contribution in [3.05, 3.63) is 24.0 Å². The second-order valence-electron chi connectivity index (χ2n) is 5.26. The third-order valence-electron chi connectivity index (χ3n) is 3.49. The maximum Gasteiger partial charge on any atom is 0.308 e. The molecule has 0 unspecified atom stereocenters. The van der Waals surface area contributed by atoms with Gasteiger partial charge in [-0.3, -0.25) is 4.79 Å². The van der Waals surface area contributed by atoms with Gasteiger partial charge in [-0.25, -0.2) is 4.98 Å². The van der Waals surface area contributed by atoms with E-state index in [2.05, 4.69) is 35.8 Å².